The summed E-state index contributed by atoms with van der Waals surface area (Å²) in [6.45, 7) is 0. The smallest absolute Gasteiger partial charge is 0.134 e. The number of carbonyl (C=O) groups excluding carboxylic acids is 1. The van der Waals surface area contributed by atoms with Gasteiger partial charge in [-0.25, -0.2) is 0 Å². The molecule has 0 aliphatic carbocycles. The highest BCUT2D eigenvalue weighted by atomic mass is 16.5. The van der Waals surface area contributed by atoms with E-state index < -0.39 is 0 Å². The third-order valence-electron chi connectivity index (χ3n) is 1.72. The van der Waals surface area contributed by atoms with Crippen molar-refractivity contribution in [2.24, 2.45) is 0 Å². The van der Waals surface area contributed by atoms with Crippen LogP contribution in [0.25, 0.3) is 0 Å². The zero-order chi connectivity index (χ0) is 10.2. The predicted octanol–water partition coefficient (Wildman–Crippen LogP) is 2.03. The maximum absolute atomic E-state index is 10.0. The maximum atomic E-state index is 10.0. The Labute approximate surface area is 83.9 Å². The molecule has 1 aromatic carbocycles. The Morgan fingerprint density at radius 3 is 2.93 bits per heavy atom. The van der Waals surface area contributed by atoms with E-state index in [-0.39, 0.29) is 0 Å². The van der Waals surface area contributed by atoms with Gasteiger partial charge in [0.1, 0.15) is 12.0 Å². The fraction of sp³-hybridized carbons (Fsp3) is 0.250. The Hall–Kier alpha value is -1.75. The molecule has 0 aliphatic heterocycles. The number of para-hydroxylation sites is 1. The van der Waals surface area contributed by atoms with Crippen LogP contribution in [-0.4, -0.2) is 13.4 Å². The van der Waals surface area contributed by atoms with Crippen LogP contribution in [0.15, 0.2) is 24.3 Å². The Morgan fingerprint density at radius 2 is 2.21 bits per heavy atom. The zero-order valence-corrected chi connectivity index (χ0v) is 8.12. The fourth-order valence-corrected chi connectivity index (χ4v) is 1.04. The fourth-order valence-electron chi connectivity index (χ4n) is 1.04. The molecule has 0 fully saturated rings. The van der Waals surface area contributed by atoms with E-state index in [0.29, 0.717) is 12.8 Å². The first-order chi connectivity index (χ1) is 6.88. The van der Waals surface area contributed by atoms with Crippen LogP contribution in [0.2, 0.25) is 0 Å². The highest BCUT2D eigenvalue weighted by molar-refractivity contribution is 5.50. The summed E-state index contributed by atoms with van der Waals surface area (Å²) < 4.78 is 5.13. The molecule has 14 heavy (non-hydrogen) atoms. The topological polar surface area (TPSA) is 26.3 Å². The predicted molar refractivity (Wildman–Crippen MR) is 55.2 cm³/mol. The number of hydrogen-bond donors (Lipinski definition) is 0. The van der Waals surface area contributed by atoms with Gasteiger partial charge in [-0.1, -0.05) is 24.0 Å². The average molecular weight is 188 g/mol. The van der Waals surface area contributed by atoms with Crippen molar-refractivity contribution >= 4 is 6.29 Å². The molecule has 1 rings (SSSR count). The molecule has 0 heterocycles. The van der Waals surface area contributed by atoms with Crippen LogP contribution in [0, 0.1) is 11.8 Å². The van der Waals surface area contributed by atoms with E-state index in [1.807, 2.05) is 24.3 Å². The largest absolute Gasteiger partial charge is 0.495 e. The molecule has 0 unspecified atom stereocenters. The molecule has 0 radical (unpaired) electrons. The summed E-state index contributed by atoms with van der Waals surface area (Å²) in [6, 6.07) is 7.57. The van der Waals surface area contributed by atoms with Crippen molar-refractivity contribution in [1.82, 2.24) is 0 Å². The van der Waals surface area contributed by atoms with E-state index in [9.17, 15) is 4.79 Å². The first-order valence-corrected chi connectivity index (χ1v) is 4.44. The molecule has 1 aromatic rings. The molecule has 0 N–H and O–H groups in total. The van der Waals surface area contributed by atoms with Crippen molar-refractivity contribution in [2.75, 3.05) is 7.11 Å². The lowest BCUT2D eigenvalue weighted by Gasteiger charge is -2.00. The molecule has 0 atom stereocenters. The van der Waals surface area contributed by atoms with Gasteiger partial charge in [-0.05, 0) is 12.1 Å². The number of hydrogen-bond acceptors (Lipinski definition) is 2. The summed E-state index contributed by atoms with van der Waals surface area (Å²) in [5, 5.41) is 0. The molecule has 0 saturated carbocycles. The Kier molecular flexibility index (Phi) is 4.30. The van der Waals surface area contributed by atoms with Gasteiger partial charge < -0.3 is 9.53 Å². The minimum atomic E-state index is 0.488. The molecule has 0 amide bonds. The van der Waals surface area contributed by atoms with Crippen molar-refractivity contribution in [3.8, 4) is 17.6 Å². The Bertz CT molecular complexity index is 358. The number of aldehydes is 1. The van der Waals surface area contributed by atoms with Crippen LogP contribution >= 0.6 is 0 Å². The molecule has 2 heteroatoms. The summed E-state index contributed by atoms with van der Waals surface area (Å²) in [7, 11) is 1.62. The zero-order valence-electron chi connectivity index (χ0n) is 8.12. The average Bonchev–Trinajstić information content (AvgIpc) is 2.25. The second-order valence-corrected chi connectivity index (χ2v) is 2.71. The quantitative estimate of drug-likeness (QED) is 0.412. The number of methoxy groups -OCH3 is 1. The third-order valence-corrected chi connectivity index (χ3v) is 1.72. The van der Waals surface area contributed by atoms with Crippen LogP contribution in [0.5, 0.6) is 5.75 Å². The molecule has 0 aromatic heterocycles. The number of rotatable bonds is 3. The molecule has 72 valence electrons. The van der Waals surface area contributed by atoms with Gasteiger partial charge in [-0.15, -0.1) is 0 Å². The van der Waals surface area contributed by atoms with Gasteiger partial charge in [0, 0.05) is 12.8 Å². The third kappa shape index (κ3) is 2.95. The summed E-state index contributed by atoms with van der Waals surface area (Å²) in [5.74, 6) is 6.65. The lowest BCUT2D eigenvalue weighted by Crippen LogP contribution is -1.86. The van der Waals surface area contributed by atoms with Crippen molar-refractivity contribution in [2.45, 2.75) is 12.8 Å². The van der Waals surface area contributed by atoms with Gasteiger partial charge in [0.15, 0.2) is 0 Å². The number of benzene rings is 1. The molecular weight excluding hydrogens is 176 g/mol. The van der Waals surface area contributed by atoms with Crippen molar-refractivity contribution in [1.29, 1.82) is 0 Å². The van der Waals surface area contributed by atoms with E-state index in [1.54, 1.807) is 7.11 Å². The highest BCUT2D eigenvalue weighted by Crippen LogP contribution is 2.15. The lowest BCUT2D eigenvalue weighted by molar-refractivity contribution is -0.107. The normalized spacial score (nSPS) is 8.64. The SMILES string of the molecule is COc1ccccc1C#CCCC=O. The molecule has 0 bridgehead atoms. The van der Waals surface area contributed by atoms with Gasteiger partial charge in [0.05, 0.1) is 12.7 Å². The van der Waals surface area contributed by atoms with Crippen molar-refractivity contribution in [3.05, 3.63) is 29.8 Å². The van der Waals surface area contributed by atoms with Crippen LogP contribution in [0.4, 0.5) is 0 Å². The number of ether oxygens (including phenoxy) is 1. The summed E-state index contributed by atoms with van der Waals surface area (Å²) in [6.07, 6.45) is 1.96. The molecule has 0 saturated heterocycles. The van der Waals surface area contributed by atoms with E-state index in [0.717, 1.165) is 17.6 Å². The second-order valence-electron chi connectivity index (χ2n) is 2.71. The van der Waals surface area contributed by atoms with Gasteiger partial charge in [0.25, 0.3) is 0 Å². The second kappa shape index (κ2) is 5.82. The Balaban J connectivity index is 2.72. The van der Waals surface area contributed by atoms with Gasteiger partial charge >= 0.3 is 0 Å². The standard InChI is InChI=1S/C12H12O2/c1-14-12-9-5-4-8-11(12)7-3-2-6-10-13/h4-5,8-10H,2,6H2,1H3. The Morgan fingerprint density at radius 1 is 1.43 bits per heavy atom. The van der Waals surface area contributed by atoms with Gasteiger partial charge in [-0.2, -0.15) is 0 Å². The minimum Gasteiger partial charge on any atom is -0.495 e. The lowest BCUT2D eigenvalue weighted by atomic mass is 10.2. The summed E-state index contributed by atoms with van der Waals surface area (Å²) >= 11 is 0. The van der Waals surface area contributed by atoms with Crippen molar-refractivity contribution in [3.63, 3.8) is 0 Å². The van der Waals surface area contributed by atoms with Crippen LogP contribution in [0.1, 0.15) is 18.4 Å². The monoisotopic (exact) mass is 188 g/mol. The van der Waals surface area contributed by atoms with E-state index in [4.69, 9.17) is 4.74 Å². The summed E-state index contributed by atoms with van der Waals surface area (Å²) in [5.41, 5.74) is 0.862. The van der Waals surface area contributed by atoms with Crippen LogP contribution in [0.3, 0.4) is 0 Å². The van der Waals surface area contributed by atoms with Crippen LogP contribution < -0.4 is 4.74 Å². The first-order valence-electron chi connectivity index (χ1n) is 4.44. The summed E-state index contributed by atoms with van der Waals surface area (Å²) in [4.78, 5) is 10.0. The number of unbranched alkanes of at least 4 members (excludes halogenated alkanes) is 1. The van der Waals surface area contributed by atoms with Gasteiger partial charge in [0.2, 0.25) is 0 Å². The molecule has 0 spiro atoms. The maximum Gasteiger partial charge on any atom is 0.134 e. The minimum absolute atomic E-state index is 0.488. The van der Waals surface area contributed by atoms with Gasteiger partial charge in [-0.3, -0.25) is 0 Å². The van der Waals surface area contributed by atoms with E-state index >= 15 is 0 Å². The highest BCUT2D eigenvalue weighted by Gasteiger charge is 1.95. The van der Waals surface area contributed by atoms with Crippen molar-refractivity contribution < 1.29 is 9.53 Å². The molecular formula is C12H12O2. The van der Waals surface area contributed by atoms with Crippen LogP contribution in [-0.2, 0) is 4.79 Å². The number of carbonyl (C=O) groups is 1. The molecule has 2 nitrogen and oxygen atoms in total. The van der Waals surface area contributed by atoms with E-state index in [1.165, 1.54) is 0 Å². The first kappa shape index (κ1) is 10.3. The van der Waals surface area contributed by atoms with E-state index in [2.05, 4.69) is 11.8 Å². The molecule has 0 aliphatic rings.